The molecule has 0 saturated heterocycles. The molecule has 0 spiro atoms. The summed E-state index contributed by atoms with van der Waals surface area (Å²) in [6.45, 7) is 7.34. The molecule has 1 aromatic carbocycles. The first-order valence-electron chi connectivity index (χ1n) is 5.61. The van der Waals surface area contributed by atoms with Crippen molar-refractivity contribution in [2.45, 2.75) is 31.7 Å². The van der Waals surface area contributed by atoms with Crippen molar-refractivity contribution in [2.75, 3.05) is 14.1 Å². The minimum Gasteiger partial charge on any atom is -0.309 e. The van der Waals surface area contributed by atoms with Crippen molar-refractivity contribution in [3.63, 3.8) is 0 Å². The molecule has 1 atom stereocenters. The number of benzene rings is 1. The normalized spacial score (nSPS) is 14.3. The van der Waals surface area contributed by atoms with Gasteiger partial charge in [0.25, 0.3) is 0 Å². The zero-order valence-corrected chi connectivity index (χ0v) is 11.6. The number of rotatable bonds is 4. The summed E-state index contributed by atoms with van der Waals surface area (Å²) in [5.41, 5.74) is 2.18. The maximum Gasteiger partial charge on any atom is 0.0642 e. The molecule has 1 aromatic rings. The first-order chi connectivity index (χ1) is 6.91. The van der Waals surface area contributed by atoms with Crippen molar-refractivity contribution < 1.29 is 0 Å². The van der Waals surface area contributed by atoms with Crippen molar-refractivity contribution >= 4 is 8.07 Å². The van der Waals surface area contributed by atoms with Crippen LogP contribution >= 0.6 is 0 Å². The van der Waals surface area contributed by atoms with Gasteiger partial charge in [-0.25, -0.2) is 0 Å². The second-order valence-electron chi connectivity index (χ2n) is 5.54. The molecule has 1 nitrogen and oxygen atoms in total. The summed E-state index contributed by atoms with van der Waals surface area (Å²) in [5, 5.41) is 0. The summed E-state index contributed by atoms with van der Waals surface area (Å²) in [7, 11) is 3.29. The first-order valence-corrected chi connectivity index (χ1v) is 9.19. The van der Waals surface area contributed by atoms with E-state index >= 15 is 0 Å². The SMILES string of the molecule is CN(C)C(Cc1ccccc1)[Si](C)(C)C. The van der Waals surface area contributed by atoms with Gasteiger partial charge in [0, 0.05) is 5.67 Å². The molecule has 0 saturated carbocycles. The van der Waals surface area contributed by atoms with Crippen molar-refractivity contribution in [3.8, 4) is 0 Å². The Morgan fingerprint density at radius 2 is 1.60 bits per heavy atom. The van der Waals surface area contributed by atoms with E-state index in [1.807, 2.05) is 0 Å². The highest BCUT2D eigenvalue weighted by molar-refractivity contribution is 6.77. The minimum atomic E-state index is -1.11. The van der Waals surface area contributed by atoms with Gasteiger partial charge in [-0.05, 0) is 26.1 Å². The lowest BCUT2D eigenvalue weighted by Crippen LogP contribution is -2.49. The largest absolute Gasteiger partial charge is 0.309 e. The molecule has 15 heavy (non-hydrogen) atoms. The minimum absolute atomic E-state index is 0.722. The topological polar surface area (TPSA) is 3.24 Å². The van der Waals surface area contributed by atoms with Crippen molar-refractivity contribution in [1.82, 2.24) is 4.90 Å². The molecule has 0 aliphatic carbocycles. The highest BCUT2D eigenvalue weighted by Crippen LogP contribution is 2.17. The zero-order chi connectivity index (χ0) is 11.5. The van der Waals surface area contributed by atoms with Crippen LogP contribution in [0.25, 0.3) is 0 Å². The van der Waals surface area contributed by atoms with Crippen molar-refractivity contribution in [3.05, 3.63) is 35.9 Å². The third-order valence-electron chi connectivity index (χ3n) is 2.89. The van der Waals surface area contributed by atoms with Crippen LogP contribution in [0, 0.1) is 0 Å². The molecular formula is C13H23NSi. The lowest BCUT2D eigenvalue weighted by Gasteiger charge is -2.34. The summed E-state index contributed by atoms with van der Waals surface area (Å²) in [5.74, 6) is 0. The average molecular weight is 221 g/mol. The van der Waals surface area contributed by atoms with Crippen molar-refractivity contribution in [1.29, 1.82) is 0 Å². The molecule has 0 aliphatic heterocycles. The highest BCUT2D eigenvalue weighted by atomic mass is 28.3. The molecule has 0 fully saturated rings. The Kier molecular flexibility index (Phi) is 4.11. The maximum absolute atomic E-state index is 2.45. The lowest BCUT2D eigenvalue weighted by atomic mass is 10.1. The average Bonchev–Trinajstić information content (AvgIpc) is 2.13. The lowest BCUT2D eigenvalue weighted by molar-refractivity contribution is 0.361. The van der Waals surface area contributed by atoms with Crippen LogP contribution < -0.4 is 0 Å². The number of hydrogen-bond acceptors (Lipinski definition) is 1. The Labute approximate surface area is 95.1 Å². The Bertz CT molecular complexity index is 287. The van der Waals surface area contributed by atoms with Gasteiger partial charge in [0.05, 0.1) is 8.07 Å². The fourth-order valence-electron chi connectivity index (χ4n) is 2.10. The molecule has 0 N–H and O–H groups in total. The van der Waals surface area contributed by atoms with Crippen LogP contribution in [-0.4, -0.2) is 32.7 Å². The fraction of sp³-hybridized carbons (Fsp3) is 0.538. The van der Waals surface area contributed by atoms with Gasteiger partial charge in [0.15, 0.2) is 0 Å². The molecule has 84 valence electrons. The number of nitrogens with zero attached hydrogens (tertiary/aromatic N) is 1. The standard InChI is InChI=1S/C13H23NSi/c1-14(2)13(15(3,4)5)11-12-9-7-6-8-10-12/h6-10,13H,11H2,1-5H3. The van der Waals surface area contributed by atoms with Gasteiger partial charge in [-0.15, -0.1) is 0 Å². The predicted molar refractivity (Wildman–Crippen MR) is 71.0 cm³/mol. The molecule has 1 rings (SSSR count). The van der Waals surface area contributed by atoms with E-state index in [0.29, 0.717) is 0 Å². The fourth-order valence-corrected chi connectivity index (χ4v) is 4.50. The summed E-state index contributed by atoms with van der Waals surface area (Å²) in [4.78, 5) is 2.39. The van der Waals surface area contributed by atoms with Gasteiger partial charge in [-0.1, -0.05) is 50.0 Å². The van der Waals surface area contributed by atoms with E-state index in [1.165, 1.54) is 12.0 Å². The highest BCUT2D eigenvalue weighted by Gasteiger charge is 2.28. The van der Waals surface area contributed by atoms with Gasteiger partial charge < -0.3 is 4.90 Å². The monoisotopic (exact) mass is 221 g/mol. The maximum atomic E-state index is 2.45. The van der Waals surface area contributed by atoms with E-state index in [4.69, 9.17) is 0 Å². The van der Waals surface area contributed by atoms with E-state index in [9.17, 15) is 0 Å². The summed E-state index contributed by atoms with van der Waals surface area (Å²) < 4.78 is 0. The molecule has 0 bridgehead atoms. The van der Waals surface area contributed by atoms with E-state index in [-0.39, 0.29) is 0 Å². The molecule has 0 aliphatic rings. The number of hydrogen-bond donors (Lipinski definition) is 0. The second-order valence-corrected chi connectivity index (χ2v) is 10.9. The van der Waals surface area contributed by atoms with Gasteiger partial charge in [-0.3, -0.25) is 0 Å². The molecular weight excluding hydrogens is 198 g/mol. The Morgan fingerprint density at radius 1 is 1.07 bits per heavy atom. The summed E-state index contributed by atoms with van der Waals surface area (Å²) in [6.07, 6.45) is 1.18. The van der Waals surface area contributed by atoms with Crippen LogP contribution in [0.1, 0.15) is 5.56 Å². The molecule has 0 heterocycles. The molecule has 0 amide bonds. The van der Waals surface area contributed by atoms with Gasteiger partial charge >= 0.3 is 0 Å². The predicted octanol–water partition coefficient (Wildman–Crippen LogP) is 3.04. The molecule has 1 unspecified atom stereocenters. The molecule has 2 heteroatoms. The van der Waals surface area contributed by atoms with E-state index in [2.05, 4.69) is 69.0 Å². The second kappa shape index (κ2) is 4.95. The van der Waals surface area contributed by atoms with Crippen LogP contribution in [0.5, 0.6) is 0 Å². The zero-order valence-electron chi connectivity index (χ0n) is 10.6. The van der Waals surface area contributed by atoms with Gasteiger partial charge in [0.2, 0.25) is 0 Å². The van der Waals surface area contributed by atoms with Crippen LogP contribution in [0.4, 0.5) is 0 Å². The third kappa shape index (κ3) is 3.80. The molecule has 0 aromatic heterocycles. The summed E-state index contributed by atoms with van der Waals surface area (Å²) in [6, 6.07) is 10.8. The smallest absolute Gasteiger partial charge is 0.0642 e. The molecule has 0 radical (unpaired) electrons. The quantitative estimate of drug-likeness (QED) is 0.706. The number of likely N-dealkylation sites (N-methyl/N-ethyl adjacent to an activating group) is 1. The van der Waals surface area contributed by atoms with Gasteiger partial charge in [-0.2, -0.15) is 0 Å². The van der Waals surface area contributed by atoms with Crippen LogP contribution in [0.2, 0.25) is 19.6 Å². The van der Waals surface area contributed by atoms with E-state index < -0.39 is 8.07 Å². The Balaban J connectivity index is 2.77. The van der Waals surface area contributed by atoms with E-state index in [0.717, 1.165) is 5.67 Å². The summed E-state index contributed by atoms with van der Waals surface area (Å²) >= 11 is 0. The Hall–Kier alpha value is -0.603. The van der Waals surface area contributed by atoms with Crippen molar-refractivity contribution in [2.24, 2.45) is 0 Å². The van der Waals surface area contributed by atoms with Crippen LogP contribution in [0.3, 0.4) is 0 Å². The van der Waals surface area contributed by atoms with Crippen LogP contribution in [-0.2, 0) is 6.42 Å². The van der Waals surface area contributed by atoms with Crippen LogP contribution in [0.15, 0.2) is 30.3 Å². The van der Waals surface area contributed by atoms with Gasteiger partial charge in [0.1, 0.15) is 0 Å². The first kappa shape index (κ1) is 12.5. The Morgan fingerprint density at radius 3 is 2.00 bits per heavy atom. The van der Waals surface area contributed by atoms with E-state index in [1.54, 1.807) is 0 Å². The third-order valence-corrected chi connectivity index (χ3v) is 5.61.